The lowest BCUT2D eigenvalue weighted by Crippen LogP contribution is -2.48. The maximum Gasteiger partial charge on any atom is 0.339 e. The van der Waals surface area contributed by atoms with Crippen molar-refractivity contribution in [3.63, 3.8) is 0 Å². The van der Waals surface area contributed by atoms with Crippen LogP contribution in [0.4, 0.5) is 0 Å². The number of nitrogens with zero attached hydrogens (tertiary/aromatic N) is 2. The second-order valence-corrected chi connectivity index (χ2v) is 8.00. The molecule has 1 atom stereocenters. The number of pyridine rings is 1. The summed E-state index contributed by atoms with van der Waals surface area (Å²) >= 11 is 0. The van der Waals surface area contributed by atoms with E-state index in [1.54, 1.807) is 18.2 Å². The maximum absolute atomic E-state index is 12.9. The third kappa shape index (κ3) is 2.23. The average Bonchev–Trinajstić information content (AvgIpc) is 2.88. The average molecular weight is 344 g/mol. The predicted octanol–water partition coefficient (Wildman–Crippen LogP) is 1.93. The van der Waals surface area contributed by atoms with E-state index in [0.29, 0.717) is 24.9 Å². The molecule has 1 unspecified atom stereocenters. The molecular weight excluding hydrogens is 328 g/mol. The van der Waals surface area contributed by atoms with Crippen LogP contribution in [-0.2, 0) is 20.4 Å². The summed E-state index contributed by atoms with van der Waals surface area (Å²) in [6.07, 6.45) is 4.12. The van der Waals surface area contributed by atoms with Crippen LogP contribution in [0.2, 0.25) is 0 Å². The Morgan fingerprint density at radius 3 is 2.79 bits per heavy atom. The van der Waals surface area contributed by atoms with Gasteiger partial charge in [-0.05, 0) is 31.0 Å². The Balaban J connectivity index is 1.72. The van der Waals surface area contributed by atoms with Crippen molar-refractivity contribution in [3.8, 4) is 0 Å². The SMILES string of the molecule is O=C1OC2(CCCN(S(=O)(=O)c3cccnc3)C2)c2ccccc21. The summed E-state index contributed by atoms with van der Waals surface area (Å²) in [7, 11) is -3.67. The first-order chi connectivity index (χ1) is 11.5. The Kier molecular flexibility index (Phi) is 3.43. The number of hydrogen-bond donors (Lipinski definition) is 0. The van der Waals surface area contributed by atoms with Crippen LogP contribution in [0.3, 0.4) is 0 Å². The molecule has 1 saturated heterocycles. The molecule has 2 aliphatic heterocycles. The van der Waals surface area contributed by atoms with E-state index in [1.165, 1.54) is 22.8 Å². The number of rotatable bonds is 2. The predicted molar refractivity (Wildman–Crippen MR) is 85.8 cm³/mol. The van der Waals surface area contributed by atoms with Crippen LogP contribution in [0.15, 0.2) is 53.7 Å². The molecule has 0 aliphatic carbocycles. The van der Waals surface area contributed by atoms with Crippen LogP contribution >= 0.6 is 0 Å². The molecule has 124 valence electrons. The Hall–Kier alpha value is -2.25. The van der Waals surface area contributed by atoms with Gasteiger partial charge < -0.3 is 4.74 Å². The van der Waals surface area contributed by atoms with E-state index in [1.807, 2.05) is 12.1 Å². The maximum atomic E-state index is 12.9. The van der Waals surface area contributed by atoms with Crippen molar-refractivity contribution >= 4 is 16.0 Å². The van der Waals surface area contributed by atoms with Gasteiger partial charge in [-0.1, -0.05) is 18.2 Å². The van der Waals surface area contributed by atoms with Crippen LogP contribution in [-0.4, -0.2) is 36.8 Å². The van der Waals surface area contributed by atoms with E-state index in [0.717, 1.165) is 5.56 Å². The number of sulfonamides is 1. The van der Waals surface area contributed by atoms with Crippen LogP contribution in [0, 0.1) is 0 Å². The molecule has 0 N–H and O–H groups in total. The molecule has 0 bridgehead atoms. The van der Waals surface area contributed by atoms with Gasteiger partial charge in [-0.3, -0.25) is 4.98 Å². The fraction of sp³-hybridized carbons (Fsp3) is 0.294. The van der Waals surface area contributed by atoms with Gasteiger partial charge in [0.25, 0.3) is 0 Å². The van der Waals surface area contributed by atoms with Gasteiger partial charge in [-0.2, -0.15) is 4.31 Å². The highest BCUT2D eigenvalue weighted by Crippen LogP contribution is 2.43. The zero-order valence-electron chi connectivity index (χ0n) is 12.9. The largest absolute Gasteiger partial charge is 0.449 e. The summed E-state index contributed by atoms with van der Waals surface area (Å²) in [6, 6.07) is 10.3. The van der Waals surface area contributed by atoms with Gasteiger partial charge in [0.15, 0.2) is 5.60 Å². The zero-order chi connectivity index (χ0) is 16.8. The number of carbonyl (C=O) groups is 1. The van der Waals surface area contributed by atoms with Crippen molar-refractivity contribution in [2.24, 2.45) is 0 Å². The van der Waals surface area contributed by atoms with Crippen molar-refractivity contribution in [2.75, 3.05) is 13.1 Å². The molecule has 1 aromatic heterocycles. The highest BCUT2D eigenvalue weighted by molar-refractivity contribution is 7.89. The molecule has 0 radical (unpaired) electrons. The molecule has 4 rings (SSSR count). The first kappa shape index (κ1) is 15.3. The lowest BCUT2D eigenvalue weighted by atomic mass is 9.86. The van der Waals surface area contributed by atoms with Crippen molar-refractivity contribution in [1.82, 2.24) is 9.29 Å². The number of benzene rings is 1. The number of piperidine rings is 1. The van der Waals surface area contributed by atoms with Crippen molar-refractivity contribution in [2.45, 2.75) is 23.3 Å². The first-order valence-corrected chi connectivity index (χ1v) is 9.20. The van der Waals surface area contributed by atoms with Gasteiger partial charge in [0.1, 0.15) is 4.90 Å². The van der Waals surface area contributed by atoms with Crippen LogP contribution in [0.5, 0.6) is 0 Å². The number of esters is 1. The smallest absolute Gasteiger partial charge is 0.339 e. The molecule has 7 heteroatoms. The summed E-state index contributed by atoms with van der Waals surface area (Å²) in [6.45, 7) is 0.533. The molecule has 0 amide bonds. The minimum Gasteiger partial charge on any atom is -0.449 e. The van der Waals surface area contributed by atoms with E-state index in [-0.39, 0.29) is 17.4 Å². The highest BCUT2D eigenvalue weighted by atomic mass is 32.2. The van der Waals surface area contributed by atoms with E-state index in [9.17, 15) is 13.2 Å². The number of hydrogen-bond acceptors (Lipinski definition) is 5. The highest BCUT2D eigenvalue weighted by Gasteiger charge is 2.50. The number of carbonyl (C=O) groups excluding carboxylic acids is 1. The third-order valence-electron chi connectivity index (χ3n) is 4.62. The second-order valence-electron chi connectivity index (χ2n) is 6.06. The minimum absolute atomic E-state index is 0.132. The van der Waals surface area contributed by atoms with Gasteiger partial charge >= 0.3 is 5.97 Å². The molecule has 24 heavy (non-hydrogen) atoms. The molecule has 2 aliphatic rings. The second kappa shape index (κ2) is 5.39. The Morgan fingerprint density at radius 2 is 2.00 bits per heavy atom. The van der Waals surface area contributed by atoms with Crippen molar-refractivity contribution < 1.29 is 17.9 Å². The summed E-state index contributed by atoms with van der Waals surface area (Å²) < 4.78 is 32.8. The van der Waals surface area contributed by atoms with Gasteiger partial charge in [-0.25, -0.2) is 13.2 Å². The number of ether oxygens (including phenoxy) is 1. The first-order valence-electron chi connectivity index (χ1n) is 7.76. The summed E-state index contributed by atoms with van der Waals surface area (Å²) in [5.41, 5.74) is 0.417. The molecular formula is C17H16N2O4S. The molecule has 1 aromatic carbocycles. The van der Waals surface area contributed by atoms with E-state index >= 15 is 0 Å². The van der Waals surface area contributed by atoms with E-state index in [4.69, 9.17) is 4.74 Å². The quantitative estimate of drug-likeness (QED) is 0.778. The monoisotopic (exact) mass is 344 g/mol. The van der Waals surface area contributed by atoms with Crippen molar-refractivity contribution in [1.29, 1.82) is 0 Å². The molecule has 0 saturated carbocycles. The van der Waals surface area contributed by atoms with E-state index < -0.39 is 15.6 Å². The summed E-state index contributed by atoms with van der Waals surface area (Å²) in [4.78, 5) is 16.2. The fourth-order valence-corrected chi connectivity index (χ4v) is 4.98. The van der Waals surface area contributed by atoms with Gasteiger partial charge in [0.05, 0.1) is 12.1 Å². The minimum atomic E-state index is -3.67. The molecule has 2 aromatic rings. The van der Waals surface area contributed by atoms with Crippen LogP contribution in [0.25, 0.3) is 0 Å². The third-order valence-corrected chi connectivity index (χ3v) is 6.45. The van der Waals surface area contributed by atoms with Crippen molar-refractivity contribution in [3.05, 3.63) is 59.9 Å². The Labute approximate surface area is 140 Å². The lowest BCUT2D eigenvalue weighted by Gasteiger charge is -2.38. The number of aromatic nitrogens is 1. The van der Waals surface area contributed by atoms with E-state index in [2.05, 4.69) is 4.98 Å². The van der Waals surface area contributed by atoms with Gasteiger partial charge in [0.2, 0.25) is 10.0 Å². The lowest BCUT2D eigenvalue weighted by molar-refractivity contribution is -0.0345. The van der Waals surface area contributed by atoms with Crippen LogP contribution in [0.1, 0.15) is 28.8 Å². The van der Waals surface area contributed by atoms with Crippen LogP contribution < -0.4 is 0 Å². The molecule has 1 fully saturated rings. The summed E-state index contributed by atoms with van der Waals surface area (Å²) in [5.74, 6) is -0.383. The summed E-state index contributed by atoms with van der Waals surface area (Å²) in [5, 5.41) is 0. The van der Waals surface area contributed by atoms with Gasteiger partial charge in [-0.15, -0.1) is 0 Å². The van der Waals surface area contributed by atoms with Gasteiger partial charge in [0, 0.05) is 24.5 Å². The Morgan fingerprint density at radius 1 is 1.17 bits per heavy atom. The number of fused-ring (bicyclic) bond motifs is 2. The molecule has 6 nitrogen and oxygen atoms in total. The topological polar surface area (TPSA) is 76.6 Å². The fourth-order valence-electron chi connectivity index (χ4n) is 3.49. The zero-order valence-corrected chi connectivity index (χ0v) is 13.7. The normalized spacial score (nSPS) is 23.9. The standard InChI is InChI=1S/C17H16N2O4S/c20-16-14-6-1-2-7-15(14)17(23-16)8-4-10-19(12-17)24(21,22)13-5-3-9-18-11-13/h1-3,5-7,9,11H,4,8,10,12H2. The molecule has 3 heterocycles. The molecule has 1 spiro atoms. The Bertz CT molecular complexity index is 898.